The molecule has 0 saturated heterocycles. The van der Waals surface area contributed by atoms with Crippen molar-refractivity contribution in [3.63, 3.8) is 0 Å². The van der Waals surface area contributed by atoms with Gasteiger partial charge in [-0.1, -0.05) is 42.5 Å². The molecule has 0 saturated carbocycles. The molecule has 0 bridgehead atoms. The summed E-state index contributed by atoms with van der Waals surface area (Å²) < 4.78 is 18.3. The molecular formula is C21H18FNO2. The highest BCUT2D eigenvalue weighted by atomic mass is 19.1. The molecule has 1 heterocycles. The van der Waals surface area contributed by atoms with Crippen LogP contribution >= 0.6 is 0 Å². The topological polar surface area (TPSA) is 33.5 Å². The van der Waals surface area contributed by atoms with Crippen molar-refractivity contribution in [3.05, 3.63) is 102 Å². The minimum absolute atomic E-state index is 0.135. The number of carbonyl (C=O) groups is 1. The Morgan fingerprint density at radius 2 is 1.72 bits per heavy atom. The van der Waals surface area contributed by atoms with Gasteiger partial charge < -0.3 is 9.32 Å². The van der Waals surface area contributed by atoms with Gasteiger partial charge in [-0.15, -0.1) is 0 Å². The van der Waals surface area contributed by atoms with Crippen molar-refractivity contribution < 1.29 is 13.6 Å². The fourth-order valence-electron chi connectivity index (χ4n) is 2.45. The van der Waals surface area contributed by atoms with Crippen molar-refractivity contribution in [3.8, 4) is 0 Å². The molecule has 3 aromatic rings. The molecule has 2 aromatic carbocycles. The molecule has 3 nitrogen and oxygen atoms in total. The molecule has 1 amide bonds. The predicted octanol–water partition coefficient (Wildman–Crippen LogP) is 4.66. The molecule has 0 atom stereocenters. The number of rotatable bonds is 6. The summed E-state index contributed by atoms with van der Waals surface area (Å²) in [6.45, 7) is 0.864. The third kappa shape index (κ3) is 4.91. The number of furan rings is 1. The van der Waals surface area contributed by atoms with Crippen LogP contribution in [0, 0.1) is 5.82 Å². The van der Waals surface area contributed by atoms with Gasteiger partial charge in [0.15, 0.2) is 0 Å². The van der Waals surface area contributed by atoms with Gasteiger partial charge in [-0.05, 0) is 41.5 Å². The average molecular weight is 335 g/mol. The highest BCUT2D eigenvalue weighted by Gasteiger charge is 2.13. The molecule has 1 aromatic heterocycles. The number of hydrogen-bond acceptors (Lipinski definition) is 2. The van der Waals surface area contributed by atoms with E-state index in [9.17, 15) is 9.18 Å². The van der Waals surface area contributed by atoms with Crippen LogP contribution in [0.15, 0.2) is 83.5 Å². The summed E-state index contributed by atoms with van der Waals surface area (Å²) in [5.74, 6) is 0.288. The molecular weight excluding hydrogens is 317 g/mol. The summed E-state index contributed by atoms with van der Waals surface area (Å²) in [6, 6.07) is 19.4. The summed E-state index contributed by atoms with van der Waals surface area (Å²) in [7, 11) is 0. The van der Waals surface area contributed by atoms with Gasteiger partial charge in [0, 0.05) is 12.6 Å². The van der Waals surface area contributed by atoms with Crippen LogP contribution in [0.25, 0.3) is 6.08 Å². The van der Waals surface area contributed by atoms with Gasteiger partial charge in [0.05, 0.1) is 12.8 Å². The van der Waals surface area contributed by atoms with Crippen molar-refractivity contribution in [1.29, 1.82) is 0 Å². The average Bonchev–Trinajstić information content (AvgIpc) is 3.14. The van der Waals surface area contributed by atoms with Gasteiger partial charge in [-0.3, -0.25) is 4.79 Å². The van der Waals surface area contributed by atoms with E-state index in [-0.39, 0.29) is 11.7 Å². The van der Waals surface area contributed by atoms with Gasteiger partial charge in [0.25, 0.3) is 0 Å². The molecule has 0 fully saturated rings. The predicted molar refractivity (Wildman–Crippen MR) is 94.8 cm³/mol. The van der Waals surface area contributed by atoms with E-state index in [1.807, 2.05) is 36.4 Å². The zero-order valence-electron chi connectivity index (χ0n) is 13.6. The van der Waals surface area contributed by atoms with Crippen LogP contribution in [0.3, 0.4) is 0 Å². The van der Waals surface area contributed by atoms with Crippen molar-refractivity contribution in [2.45, 2.75) is 13.1 Å². The molecule has 126 valence electrons. The maximum absolute atomic E-state index is 13.0. The first-order valence-electron chi connectivity index (χ1n) is 7.99. The van der Waals surface area contributed by atoms with Crippen molar-refractivity contribution in [2.24, 2.45) is 0 Å². The molecule has 0 N–H and O–H groups in total. The maximum Gasteiger partial charge on any atom is 0.247 e. The van der Waals surface area contributed by atoms with E-state index in [0.717, 1.165) is 16.9 Å². The number of hydrogen-bond donors (Lipinski definition) is 0. The van der Waals surface area contributed by atoms with Gasteiger partial charge >= 0.3 is 0 Å². The molecule has 0 aliphatic rings. The van der Waals surface area contributed by atoms with E-state index in [0.29, 0.717) is 13.1 Å². The van der Waals surface area contributed by atoms with Gasteiger partial charge in [-0.2, -0.15) is 0 Å². The summed E-state index contributed by atoms with van der Waals surface area (Å²) >= 11 is 0. The summed E-state index contributed by atoms with van der Waals surface area (Å²) in [5.41, 5.74) is 1.81. The molecule has 0 spiro atoms. The fraction of sp³-hybridized carbons (Fsp3) is 0.0952. The Morgan fingerprint density at radius 1 is 0.960 bits per heavy atom. The number of halogens is 1. The van der Waals surface area contributed by atoms with E-state index in [1.54, 1.807) is 35.4 Å². The van der Waals surface area contributed by atoms with Crippen LogP contribution in [0.5, 0.6) is 0 Å². The Balaban J connectivity index is 1.75. The van der Waals surface area contributed by atoms with Crippen molar-refractivity contribution in [2.75, 3.05) is 0 Å². The lowest BCUT2D eigenvalue weighted by atomic mass is 10.2. The number of carbonyl (C=O) groups excluding carboxylic acids is 1. The van der Waals surface area contributed by atoms with E-state index >= 15 is 0 Å². The largest absolute Gasteiger partial charge is 0.467 e. The summed E-state index contributed by atoms with van der Waals surface area (Å²) in [4.78, 5) is 14.3. The first kappa shape index (κ1) is 16.7. The highest BCUT2D eigenvalue weighted by Crippen LogP contribution is 2.12. The summed E-state index contributed by atoms with van der Waals surface area (Å²) in [5, 5.41) is 0. The lowest BCUT2D eigenvalue weighted by Crippen LogP contribution is -2.28. The van der Waals surface area contributed by atoms with Crippen LogP contribution in [-0.2, 0) is 17.9 Å². The van der Waals surface area contributed by atoms with Crippen LogP contribution in [0.1, 0.15) is 16.9 Å². The second-order valence-electron chi connectivity index (χ2n) is 5.64. The highest BCUT2D eigenvalue weighted by molar-refractivity contribution is 5.91. The summed E-state index contributed by atoms with van der Waals surface area (Å²) in [6.07, 6.45) is 4.77. The monoisotopic (exact) mass is 335 g/mol. The van der Waals surface area contributed by atoms with Crippen LogP contribution in [-0.4, -0.2) is 10.8 Å². The number of nitrogens with zero attached hydrogens (tertiary/aromatic N) is 1. The second-order valence-corrected chi connectivity index (χ2v) is 5.64. The van der Waals surface area contributed by atoms with Crippen LogP contribution in [0.4, 0.5) is 4.39 Å². The molecule has 0 unspecified atom stereocenters. The second kappa shape index (κ2) is 8.11. The Morgan fingerprint density at radius 3 is 2.40 bits per heavy atom. The van der Waals surface area contributed by atoms with Crippen LogP contribution < -0.4 is 0 Å². The first-order valence-corrected chi connectivity index (χ1v) is 7.99. The Labute approximate surface area is 146 Å². The van der Waals surface area contributed by atoms with E-state index < -0.39 is 0 Å². The molecule has 0 aliphatic carbocycles. The van der Waals surface area contributed by atoms with Gasteiger partial charge in [0.2, 0.25) is 5.91 Å². The van der Waals surface area contributed by atoms with E-state index in [4.69, 9.17) is 4.42 Å². The molecule has 4 heteroatoms. The lowest BCUT2D eigenvalue weighted by molar-refractivity contribution is -0.127. The third-order valence-corrected chi connectivity index (χ3v) is 3.74. The zero-order chi connectivity index (χ0) is 17.5. The van der Waals surface area contributed by atoms with Crippen molar-refractivity contribution >= 4 is 12.0 Å². The Bertz CT molecular complexity index is 824. The number of amides is 1. The SMILES string of the molecule is O=C(/C=C/c1ccc(F)cc1)N(Cc1ccccc1)Cc1ccco1. The first-order chi connectivity index (χ1) is 12.2. The smallest absolute Gasteiger partial charge is 0.247 e. The molecule has 0 radical (unpaired) electrons. The standard InChI is InChI=1S/C21H18FNO2/c22-19-11-8-17(9-12-19)10-13-21(24)23(16-20-7-4-14-25-20)15-18-5-2-1-3-6-18/h1-14H,15-16H2/b13-10+. The zero-order valence-corrected chi connectivity index (χ0v) is 13.6. The third-order valence-electron chi connectivity index (χ3n) is 3.74. The molecule has 0 aliphatic heterocycles. The number of benzene rings is 2. The Kier molecular flexibility index (Phi) is 5.42. The fourth-order valence-corrected chi connectivity index (χ4v) is 2.45. The lowest BCUT2D eigenvalue weighted by Gasteiger charge is -2.20. The van der Waals surface area contributed by atoms with E-state index in [2.05, 4.69) is 0 Å². The normalized spacial score (nSPS) is 10.9. The van der Waals surface area contributed by atoms with Crippen molar-refractivity contribution in [1.82, 2.24) is 4.90 Å². The Hall–Kier alpha value is -3.14. The minimum atomic E-state index is -0.299. The van der Waals surface area contributed by atoms with Crippen LogP contribution in [0.2, 0.25) is 0 Å². The molecule has 25 heavy (non-hydrogen) atoms. The quantitative estimate of drug-likeness (QED) is 0.614. The molecule has 3 rings (SSSR count). The maximum atomic E-state index is 13.0. The van der Waals surface area contributed by atoms with E-state index in [1.165, 1.54) is 18.2 Å². The minimum Gasteiger partial charge on any atom is -0.467 e. The van der Waals surface area contributed by atoms with Gasteiger partial charge in [-0.25, -0.2) is 4.39 Å². The van der Waals surface area contributed by atoms with Gasteiger partial charge in [0.1, 0.15) is 11.6 Å².